The third-order valence-electron chi connectivity index (χ3n) is 4.43. The van der Waals surface area contributed by atoms with E-state index < -0.39 is 5.63 Å². The lowest BCUT2D eigenvalue weighted by Gasteiger charge is -2.05. The highest BCUT2D eigenvalue weighted by molar-refractivity contribution is 6.00. The number of methoxy groups -OCH3 is 1. The minimum Gasteiger partial charge on any atom is -0.497 e. The van der Waals surface area contributed by atoms with Gasteiger partial charge < -0.3 is 18.9 Å². The minimum atomic E-state index is -0.391. The number of nitrogens with one attached hydrogen (secondary N) is 1. The Morgan fingerprint density at radius 2 is 1.83 bits per heavy atom. The number of ether oxygens (including phenoxy) is 2. The summed E-state index contributed by atoms with van der Waals surface area (Å²) in [5.41, 5.74) is 2.34. The van der Waals surface area contributed by atoms with E-state index >= 15 is 0 Å². The molecule has 0 bridgehead atoms. The molecule has 2 aromatic heterocycles. The molecule has 0 spiro atoms. The van der Waals surface area contributed by atoms with Crippen molar-refractivity contribution in [3.8, 4) is 5.75 Å². The summed E-state index contributed by atoms with van der Waals surface area (Å²) in [6, 6.07) is 15.2. The number of H-pyrrole nitrogens is 1. The van der Waals surface area contributed by atoms with Gasteiger partial charge in [-0.05, 0) is 36.2 Å². The van der Waals surface area contributed by atoms with E-state index in [-0.39, 0.29) is 0 Å². The van der Waals surface area contributed by atoms with Crippen LogP contribution in [0.25, 0.3) is 22.0 Å². The van der Waals surface area contributed by atoms with Crippen LogP contribution in [-0.2, 0) is 17.8 Å². The molecular weight excluding hydrogens is 368 g/mol. The number of imidazole rings is 1. The molecule has 0 saturated heterocycles. The molecule has 0 atom stereocenters. The Morgan fingerprint density at radius 1 is 1.07 bits per heavy atom. The highest BCUT2D eigenvalue weighted by Crippen LogP contribution is 2.21. The summed E-state index contributed by atoms with van der Waals surface area (Å²) in [6.45, 7) is 5.16. The number of aromatic amines is 1. The molecule has 0 amide bonds. The molecule has 6 heteroatoms. The second-order valence-corrected chi connectivity index (χ2v) is 6.30. The number of para-hydroxylation sites is 1. The monoisotopic (exact) mass is 394 g/mol. The van der Waals surface area contributed by atoms with Crippen molar-refractivity contribution in [2.24, 2.45) is 0 Å². The van der Waals surface area contributed by atoms with Gasteiger partial charge in [-0.2, -0.15) is 0 Å². The maximum absolute atomic E-state index is 12.1. The molecule has 29 heavy (non-hydrogen) atoms. The molecule has 0 aliphatic heterocycles. The van der Waals surface area contributed by atoms with Crippen molar-refractivity contribution in [2.75, 3.05) is 13.7 Å². The van der Waals surface area contributed by atoms with Gasteiger partial charge in [-0.3, -0.25) is 0 Å². The Morgan fingerprint density at radius 3 is 2.59 bits per heavy atom. The van der Waals surface area contributed by atoms with Gasteiger partial charge in [0.2, 0.25) is 0 Å². The van der Waals surface area contributed by atoms with Crippen molar-refractivity contribution in [3.05, 3.63) is 70.3 Å². The summed E-state index contributed by atoms with van der Waals surface area (Å²) in [6.07, 6.45) is 1.50. The molecule has 152 valence electrons. The van der Waals surface area contributed by atoms with Crippen LogP contribution in [0.5, 0.6) is 5.75 Å². The van der Waals surface area contributed by atoms with E-state index in [1.165, 1.54) is 0 Å². The van der Waals surface area contributed by atoms with Gasteiger partial charge in [0.25, 0.3) is 0 Å². The molecule has 1 N–H and O–H groups in total. The fraction of sp³-hybridized carbons (Fsp3) is 0.304. The Balaban J connectivity index is 0.00000117. The van der Waals surface area contributed by atoms with Crippen LogP contribution in [0.2, 0.25) is 0 Å². The zero-order chi connectivity index (χ0) is 20.6. The topological polar surface area (TPSA) is 77.4 Å². The van der Waals surface area contributed by atoms with E-state index in [0.717, 1.165) is 28.9 Å². The smallest absolute Gasteiger partial charge is 0.362 e. The van der Waals surface area contributed by atoms with E-state index in [1.807, 2.05) is 56.3 Å². The first-order valence-corrected chi connectivity index (χ1v) is 9.86. The third-order valence-corrected chi connectivity index (χ3v) is 4.43. The second kappa shape index (κ2) is 9.89. The summed E-state index contributed by atoms with van der Waals surface area (Å²) in [7, 11) is 1.65. The summed E-state index contributed by atoms with van der Waals surface area (Å²) in [4.78, 5) is 19.8. The normalized spacial score (nSPS) is 10.7. The summed E-state index contributed by atoms with van der Waals surface area (Å²) >= 11 is 0. The minimum absolute atomic E-state index is 0.391. The zero-order valence-corrected chi connectivity index (χ0v) is 17.0. The lowest BCUT2D eigenvalue weighted by Crippen LogP contribution is -2.00. The van der Waals surface area contributed by atoms with E-state index in [1.54, 1.807) is 13.2 Å². The first-order valence-electron chi connectivity index (χ1n) is 9.86. The standard InChI is InChI=1S/C21H20N2O4.C2H6/c1-25-15-10-8-14(9-11-15)13-26-12-4-7-18-22-19-16-5-2-3-6-17(16)27-21(24)20(19)23-18;1-2/h2-3,5-6,8-11H,4,7,12-13H2,1H3,(H,22,23);1-2H3. The van der Waals surface area contributed by atoms with Crippen LogP contribution in [0.3, 0.4) is 0 Å². The number of hydrogen-bond donors (Lipinski definition) is 1. The SMILES string of the molecule is CC.COc1ccc(COCCCc2nc3c([nH]2)c(=O)oc2ccccc23)cc1. The molecule has 2 heterocycles. The van der Waals surface area contributed by atoms with Crippen LogP contribution >= 0.6 is 0 Å². The number of nitrogens with zero attached hydrogens (tertiary/aromatic N) is 1. The highest BCUT2D eigenvalue weighted by atomic mass is 16.5. The van der Waals surface area contributed by atoms with Crippen molar-refractivity contribution >= 4 is 22.0 Å². The average Bonchev–Trinajstić information content (AvgIpc) is 3.21. The van der Waals surface area contributed by atoms with Crippen LogP contribution in [0, 0.1) is 0 Å². The van der Waals surface area contributed by atoms with Crippen molar-refractivity contribution < 1.29 is 13.9 Å². The predicted molar refractivity (Wildman–Crippen MR) is 114 cm³/mol. The van der Waals surface area contributed by atoms with Crippen LogP contribution in [0.1, 0.15) is 31.7 Å². The molecule has 0 aliphatic carbocycles. The van der Waals surface area contributed by atoms with Crippen molar-refractivity contribution in [1.29, 1.82) is 0 Å². The first kappa shape index (κ1) is 20.6. The summed E-state index contributed by atoms with van der Waals surface area (Å²) in [5, 5.41) is 0.838. The Hall–Kier alpha value is -3.12. The lowest BCUT2D eigenvalue weighted by molar-refractivity contribution is 0.118. The number of aromatic nitrogens is 2. The van der Waals surface area contributed by atoms with Gasteiger partial charge >= 0.3 is 5.63 Å². The quantitative estimate of drug-likeness (QED) is 0.358. The van der Waals surface area contributed by atoms with Gasteiger partial charge in [-0.1, -0.05) is 38.1 Å². The number of rotatable bonds is 7. The van der Waals surface area contributed by atoms with Gasteiger partial charge in [0.05, 0.1) is 13.7 Å². The predicted octanol–water partition coefficient (Wildman–Crippen LogP) is 4.85. The van der Waals surface area contributed by atoms with Gasteiger partial charge in [0.15, 0.2) is 5.52 Å². The fourth-order valence-electron chi connectivity index (χ4n) is 3.04. The number of aryl methyl sites for hydroxylation is 1. The fourth-order valence-corrected chi connectivity index (χ4v) is 3.04. The molecule has 0 unspecified atom stereocenters. The average molecular weight is 394 g/mol. The molecule has 6 nitrogen and oxygen atoms in total. The maximum atomic E-state index is 12.1. The number of fused-ring (bicyclic) bond motifs is 3. The van der Waals surface area contributed by atoms with Crippen LogP contribution in [0.15, 0.2) is 57.7 Å². The Kier molecular flexibility index (Phi) is 7.03. The molecule has 4 rings (SSSR count). The van der Waals surface area contributed by atoms with Crippen LogP contribution in [0.4, 0.5) is 0 Å². The highest BCUT2D eigenvalue weighted by Gasteiger charge is 2.12. The van der Waals surface area contributed by atoms with Crippen molar-refractivity contribution in [3.63, 3.8) is 0 Å². The molecule has 4 aromatic rings. The third kappa shape index (κ3) is 4.84. The molecule has 0 aliphatic rings. The molecular formula is C23H26N2O4. The summed E-state index contributed by atoms with van der Waals surface area (Å²) in [5.74, 6) is 1.60. The van der Waals surface area contributed by atoms with Crippen LogP contribution in [-0.4, -0.2) is 23.7 Å². The van der Waals surface area contributed by atoms with E-state index in [0.29, 0.717) is 36.3 Å². The number of benzene rings is 2. The van der Waals surface area contributed by atoms with Crippen molar-refractivity contribution in [1.82, 2.24) is 9.97 Å². The van der Waals surface area contributed by atoms with Crippen LogP contribution < -0.4 is 10.4 Å². The number of hydrogen-bond acceptors (Lipinski definition) is 5. The molecule has 0 saturated carbocycles. The van der Waals surface area contributed by atoms with Crippen molar-refractivity contribution in [2.45, 2.75) is 33.3 Å². The Labute approximate surface area is 169 Å². The summed E-state index contributed by atoms with van der Waals surface area (Å²) < 4.78 is 16.2. The van der Waals surface area contributed by atoms with E-state index in [2.05, 4.69) is 9.97 Å². The Bertz CT molecular complexity index is 1110. The largest absolute Gasteiger partial charge is 0.497 e. The lowest BCUT2D eigenvalue weighted by atomic mass is 10.2. The van der Waals surface area contributed by atoms with E-state index in [9.17, 15) is 4.79 Å². The second-order valence-electron chi connectivity index (χ2n) is 6.30. The van der Waals surface area contributed by atoms with E-state index in [4.69, 9.17) is 13.9 Å². The molecule has 2 aromatic carbocycles. The molecule has 0 fully saturated rings. The zero-order valence-electron chi connectivity index (χ0n) is 17.0. The van der Waals surface area contributed by atoms with Gasteiger partial charge in [0.1, 0.15) is 22.7 Å². The van der Waals surface area contributed by atoms with Gasteiger partial charge in [-0.25, -0.2) is 9.78 Å². The maximum Gasteiger partial charge on any atom is 0.362 e. The first-order chi connectivity index (χ1) is 14.2. The van der Waals surface area contributed by atoms with Gasteiger partial charge in [-0.15, -0.1) is 0 Å². The van der Waals surface area contributed by atoms with Gasteiger partial charge in [0, 0.05) is 18.4 Å². The molecule has 0 radical (unpaired) electrons.